The van der Waals surface area contributed by atoms with Gasteiger partial charge in [-0.1, -0.05) is 11.2 Å². The smallest absolute Gasteiger partial charge is 0.128 e. The Hall–Kier alpha value is -2.13. The summed E-state index contributed by atoms with van der Waals surface area (Å²) in [7, 11) is 0. The van der Waals surface area contributed by atoms with Crippen LogP contribution in [0.15, 0.2) is 35.6 Å². The first kappa shape index (κ1) is 12.3. The molecule has 0 atom stereocenters. The molecular weight excluding hydrogens is 228 g/mol. The van der Waals surface area contributed by atoms with E-state index in [1.54, 1.807) is 0 Å². The standard InChI is InChI=1S/C13H16N4O/c1-2-18-13-6-3-5-12-11(13)7-10-17(12)9-4-8-15-16-14/h3,5-7,10H,2,4,8-9H2,1H3. The molecule has 2 aromatic rings. The number of nitrogens with zero attached hydrogens (tertiary/aromatic N) is 4. The zero-order valence-corrected chi connectivity index (χ0v) is 10.4. The van der Waals surface area contributed by atoms with E-state index in [9.17, 15) is 0 Å². The summed E-state index contributed by atoms with van der Waals surface area (Å²) in [5.41, 5.74) is 9.38. The highest BCUT2D eigenvalue weighted by molar-refractivity contribution is 5.86. The maximum atomic E-state index is 8.23. The molecule has 5 heteroatoms. The first-order chi connectivity index (χ1) is 8.86. The molecule has 0 saturated carbocycles. The monoisotopic (exact) mass is 244 g/mol. The molecule has 0 fully saturated rings. The van der Waals surface area contributed by atoms with Gasteiger partial charge in [-0.25, -0.2) is 0 Å². The Morgan fingerprint density at radius 2 is 2.28 bits per heavy atom. The van der Waals surface area contributed by atoms with Gasteiger partial charge in [0.2, 0.25) is 0 Å². The Bertz CT molecular complexity index is 569. The predicted octanol–water partition coefficient (Wildman–Crippen LogP) is 3.74. The molecule has 5 nitrogen and oxygen atoms in total. The molecule has 0 amide bonds. The van der Waals surface area contributed by atoms with Gasteiger partial charge in [0.15, 0.2) is 0 Å². The van der Waals surface area contributed by atoms with Gasteiger partial charge in [0.1, 0.15) is 5.75 Å². The second kappa shape index (κ2) is 5.98. The Labute approximate surface area is 106 Å². The molecule has 1 aromatic carbocycles. The topological polar surface area (TPSA) is 62.9 Å². The van der Waals surface area contributed by atoms with E-state index >= 15 is 0 Å². The van der Waals surface area contributed by atoms with E-state index < -0.39 is 0 Å². The molecule has 0 spiro atoms. The van der Waals surface area contributed by atoms with Crippen molar-refractivity contribution in [3.63, 3.8) is 0 Å². The van der Waals surface area contributed by atoms with Gasteiger partial charge >= 0.3 is 0 Å². The summed E-state index contributed by atoms with van der Waals surface area (Å²) in [5, 5.41) is 4.67. The van der Waals surface area contributed by atoms with Gasteiger partial charge in [-0.05, 0) is 37.1 Å². The molecule has 0 radical (unpaired) electrons. The summed E-state index contributed by atoms with van der Waals surface area (Å²) >= 11 is 0. The maximum Gasteiger partial charge on any atom is 0.128 e. The number of azide groups is 1. The van der Waals surface area contributed by atoms with E-state index in [1.807, 2.05) is 25.3 Å². The van der Waals surface area contributed by atoms with E-state index in [2.05, 4.69) is 26.7 Å². The minimum absolute atomic E-state index is 0.529. The average Bonchev–Trinajstić information content (AvgIpc) is 2.80. The molecule has 1 aromatic heterocycles. The van der Waals surface area contributed by atoms with E-state index in [4.69, 9.17) is 10.3 Å². The average molecular weight is 244 g/mol. The molecule has 1 heterocycles. The van der Waals surface area contributed by atoms with Crippen molar-refractivity contribution in [1.29, 1.82) is 0 Å². The number of aryl methyl sites for hydroxylation is 1. The van der Waals surface area contributed by atoms with Crippen molar-refractivity contribution < 1.29 is 4.74 Å². The lowest BCUT2D eigenvalue weighted by Crippen LogP contribution is -1.98. The second-order valence-electron chi connectivity index (χ2n) is 3.94. The Kier molecular flexibility index (Phi) is 4.10. The van der Waals surface area contributed by atoms with E-state index in [1.165, 1.54) is 0 Å². The third-order valence-electron chi connectivity index (χ3n) is 2.79. The SMILES string of the molecule is CCOc1cccc2c1ccn2CCCN=[N+]=[N-]. The Morgan fingerprint density at radius 3 is 3.06 bits per heavy atom. The molecule has 0 unspecified atom stereocenters. The molecule has 0 bridgehead atoms. The zero-order chi connectivity index (χ0) is 12.8. The van der Waals surface area contributed by atoms with Crippen LogP contribution in [0.25, 0.3) is 21.3 Å². The number of benzene rings is 1. The molecule has 0 aliphatic heterocycles. The molecule has 0 N–H and O–H groups in total. The largest absolute Gasteiger partial charge is 0.493 e. The molecule has 0 saturated heterocycles. The van der Waals surface area contributed by atoms with E-state index in [0.717, 1.165) is 29.6 Å². The van der Waals surface area contributed by atoms with Crippen LogP contribution in [0.1, 0.15) is 13.3 Å². The minimum atomic E-state index is 0.529. The van der Waals surface area contributed by atoms with Crippen LogP contribution in [-0.2, 0) is 6.54 Å². The van der Waals surface area contributed by atoms with Gasteiger partial charge in [0.05, 0.1) is 12.1 Å². The zero-order valence-electron chi connectivity index (χ0n) is 10.4. The van der Waals surface area contributed by atoms with Crippen molar-refractivity contribution in [1.82, 2.24) is 4.57 Å². The lowest BCUT2D eigenvalue weighted by atomic mass is 10.2. The summed E-state index contributed by atoms with van der Waals surface area (Å²) in [4.78, 5) is 2.75. The fraction of sp³-hybridized carbons (Fsp3) is 0.385. The van der Waals surface area contributed by atoms with Crippen molar-refractivity contribution >= 4 is 10.9 Å². The van der Waals surface area contributed by atoms with Crippen LogP contribution in [-0.4, -0.2) is 17.7 Å². The minimum Gasteiger partial charge on any atom is -0.493 e. The molecule has 18 heavy (non-hydrogen) atoms. The summed E-state index contributed by atoms with van der Waals surface area (Å²) in [5.74, 6) is 0.920. The number of hydrogen-bond acceptors (Lipinski definition) is 2. The van der Waals surface area contributed by atoms with E-state index in [-0.39, 0.29) is 0 Å². The van der Waals surface area contributed by atoms with Crippen LogP contribution < -0.4 is 4.74 Å². The number of fused-ring (bicyclic) bond motifs is 1. The van der Waals surface area contributed by atoms with Gasteiger partial charge in [-0.2, -0.15) is 0 Å². The van der Waals surface area contributed by atoms with Crippen LogP contribution in [0.4, 0.5) is 0 Å². The number of ether oxygens (including phenoxy) is 1. The van der Waals surface area contributed by atoms with Crippen molar-refractivity contribution in [2.24, 2.45) is 5.11 Å². The van der Waals surface area contributed by atoms with E-state index in [0.29, 0.717) is 13.2 Å². The fourth-order valence-electron chi connectivity index (χ4n) is 2.03. The van der Waals surface area contributed by atoms with Gasteiger partial charge in [-0.15, -0.1) is 0 Å². The van der Waals surface area contributed by atoms with Crippen molar-refractivity contribution in [3.05, 3.63) is 40.9 Å². The van der Waals surface area contributed by atoms with Gasteiger partial charge in [0.25, 0.3) is 0 Å². The van der Waals surface area contributed by atoms with Gasteiger partial charge in [0, 0.05) is 29.6 Å². The number of aromatic nitrogens is 1. The highest BCUT2D eigenvalue weighted by atomic mass is 16.5. The molecule has 0 aliphatic rings. The summed E-state index contributed by atoms with van der Waals surface area (Å²) in [6.45, 7) is 4.02. The summed E-state index contributed by atoms with van der Waals surface area (Å²) < 4.78 is 7.75. The Balaban J connectivity index is 2.19. The van der Waals surface area contributed by atoms with Crippen LogP contribution in [0.5, 0.6) is 5.75 Å². The van der Waals surface area contributed by atoms with Crippen molar-refractivity contribution in [2.45, 2.75) is 19.9 Å². The van der Waals surface area contributed by atoms with Crippen LogP contribution in [0.3, 0.4) is 0 Å². The highest BCUT2D eigenvalue weighted by Gasteiger charge is 2.05. The van der Waals surface area contributed by atoms with Crippen molar-refractivity contribution in [2.75, 3.05) is 13.2 Å². The first-order valence-electron chi connectivity index (χ1n) is 6.08. The quantitative estimate of drug-likeness (QED) is 0.330. The molecule has 2 rings (SSSR count). The normalized spacial score (nSPS) is 10.3. The fourth-order valence-corrected chi connectivity index (χ4v) is 2.03. The lowest BCUT2D eigenvalue weighted by Gasteiger charge is -2.07. The maximum absolute atomic E-state index is 8.23. The van der Waals surface area contributed by atoms with Crippen molar-refractivity contribution in [3.8, 4) is 5.75 Å². The second-order valence-corrected chi connectivity index (χ2v) is 3.94. The Morgan fingerprint density at radius 1 is 1.39 bits per heavy atom. The highest BCUT2D eigenvalue weighted by Crippen LogP contribution is 2.26. The predicted molar refractivity (Wildman–Crippen MR) is 71.7 cm³/mol. The third kappa shape index (κ3) is 2.57. The lowest BCUT2D eigenvalue weighted by molar-refractivity contribution is 0.344. The number of rotatable bonds is 6. The summed E-state index contributed by atoms with van der Waals surface area (Å²) in [6.07, 6.45) is 2.88. The molecule has 94 valence electrons. The van der Waals surface area contributed by atoms with Gasteiger partial charge < -0.3 is 9.30 Å². The first-order valence-corrected chi connectivity index (χ1v) is 6.08. The molecular formula is C13H16N4O. The van der Waals surface area contributed by atoms with Gasteiger partial charge in [-0.3, -0.25) is 0 Å². The van der Waals surface area contributed by atoms with Crippen LogP contribution in [0, 0.1) is 0 Å². The summed E-state index contributed by atoms with van der Waals surface area (Å²) in [6, 6.07) is 8.12. The molecule has 0 aliphatic carbocycles. The van der Waals surface area contributed by atoms with Crippen LogP contribution in [0.2, 0.25) is 0 Å². The third-order valence-corrected chi connectivity index (χ3v) is 2.79. The van der Waals surface area contributed by atoms with Crippen LogP contribution >= 0.6 is 0 Å². The number of hydrogen-bond donors (Lipinski definition) is 0.